The van der Waals surface area contributed by atoms with Crippen molar-refractivity contribution in [3.05, 3.63) is 70.2 Å². The molecule has 1 aromatic heterocycles. The summed E-state index contributed by atoms with van der Waals surface area (Å²) in [5.41, 5.74) is 5.62. The molecule has 0 saturated carbocycles. The Kier molecular flexibility index (Phi) is 3.98. The normalized spacial score (nSPS) is 13.6. The smallest absolute Gasteiger partial charge is 0.137 e. The van der Waals surface area contributed by atoms with Gasteiger partial charge in [-0.05, 0) is 53.4 Å². The highest BCUT2D eigenvalue weighted by atomic mass is 79.9. The zero-order valence-corrected chi connectivity index (χ0v) is 14.7. The number of anilines is 2. The number of benzene rings is 2. The van der Waals surface area contributed by atoms with Crippen LogP contribution in [-0.2, 0) is 17.6 Å². The fourth-order valence-electron chi connectivity index (χ4n) is 3.17. The number of hydrogen-bond acceptors (Lipinski definition) is 2. The van der Waals surface area contributed by atoms with Crippen LogP contribution in [0.1, 0.15) is 17.5 Å². The van der Waals surface area contributed by atoms with Crippen molar-refractivity contribution in [2.45, 2.75) is 19.3 Å². The molecule has 0 aliphatic heterocycles. The minimum absolute atomic E-state index is 0.318. The molecule has 0 saturated heterocycles. The third-order valence-electron chi connectivity index (χ3n) is 4.43. The first kappa shape index (κ1) is 15.2. The molecule has 0 spiro atoms. The Hall–Kier alpha value is -2.33. The molecule has 0 radical (unpaired) electrons. The monoisotopic (exact) mass is 380 g/mol. The molecular weight excluding hydrogens is 364 g/mol. The summed E-state index contributed by atoms with van der Waals surface area (Å²) in [7, 11) is 0. The Morgan fingerprint density at radius 2 is 1.79 bits per heavy atom. The predicted octanol–water partition coefficient (Wildman–Crippen LogP) is 5.25. The fraction of sp³-hybridized carbons (Fsp3) is 0.150. The van der Waals surface area contributed by atoms with Gasteiger partial charge in [-0.3, -0.25) is 4.79 Å². The van der Waals surface area contributed by atoms with Crippen molar-refractivity contribution in [3.8, 4) is 11.3 Å². The van der Waals surface area contributed by atoms with E-state index in [4.69, 9.17) is 0 Å². The van der Waals surface area contributed by atoms with Crippen LogP contribution >= 0.6 is 15.9 Å². The molecule has 1 heterocycles. The van der Waals surface area contributed by atoms with Gasteiger partial charge in [-0.2, -0.15) is 0 Å². The zero-order valence-electron chi connectivity index (χ0n) is 13.1. The van der Waals surface area contributed by atoms with E-state index in [0.29, 0.717) is 18.6 Å². The van der Waals surface area contributed by atoms with Gasteiger partial charge >= 0.3 is 0 Å². The van der Waals surface area contributed by atoms with Crippen molar-refractivity contribution in [1.29, 1.82) is 0 Å². The second-order valence-electron chi connectivity index (χ2n) is 6.08. The Bertz CT molecular complexity index is 896. The number of halogens is 1. The Morgan fingerprint density at radius 1 is 0.958 bits per heavy atom. The summed E-state index contributed by atoms with van der Waals surface area (Å²) in [5, 5.41) is 3.44. The van der Waals surface area contributed by atoms with Gasteiger partial charge in [0.15, 0.2) is 0 Å². The summed E-state index contributed by atoms with van der Waals surface area (Å²) in [6, 6.07) is 18.5. The quantitative estimate of drug-likeness (QED) is 0.651. The van der Waals surface area contributed by atoms with Crippen LogP contribution in [0.2, 0.25) is 0 Å². The predicted molar refractivity (Wildman–Crippen MR) is 101 cm³/mol. The van der Waals surface area contributed by atoms with E-state index in [-0.39, 0.29) is 0 Å². The third kappa shape index (κ3) is 3.02. The summed E-state index contributed by atoms with van der Waals surface area (Å²) < 4.78 is 1.07. The van der Waals surface area contributed by atoms with Crippen LogP contribution in [0.15, 0.2) is 59.1 Å². The van der Waals surface area contributed by atoms with Crippen molar-refractivity contribution < 1.29 is 4.79 Å². The summed E-state index contributed by atoms with van der Waals surface area (Å²) in [6.45, 7) is 0. The van der Waals surface area contributed by atoms with Crippen molar-refractivity contribution >= 4 is 33.2 Å². The lowest BCUT2D eigenvalue weighted by Crippen LogP contribution is -2.14. The molecule has 0 bridgehead atoms. The third-order valence-corrected chi connectivity index (χ3v) is 4.96. The lowest BCUT2D eigenvalue weighted by atomic mass is 9.89. The van der Waals surface area contributed by atoms with Gasteiger partial charge in [0, 0.05) is 28.7 Å². The van der Waals surface area contributed by atoms with Gasteiger partial charge < -0.3 is 10.3 Å². The van der Waals surface area contributed by atoms with E-state index in [2.05, 4.69) is 56.6 Å². The Balaban J connectivity index is 1.61. The highest BCUT2D eigenvalue weighted by Crippen LogP contribution is 2.30. The van der Waals surface area contributed by atoms with E-state index in [1.165, 1.54) is 5.56 Å². The lowest BCUT2D eigenvalue weighted by molar-refractivity contribution is -0.118. The number of fused-ring (bicyclic) bond motifs is 1. The maximum absolute atomic E-state index is 11.8. The van der Waals surface area contributed by atoms with Crippen LogP contribution < -0.4 is 5.32 Å². The number of nitrogens with one attached hydrogen (secondary N) is 2. The average Bonchev–Trinajstić information content (AvgIpc) is 3.05. The van der Waals surface area contributed by atoms with E-state index >= 15 is 0 Å². The molecule has 1 aliphatic rings. The first-order valence-corrected chi connectivity index (χ1v) is 8.83. The molecule has 0 atom stereocenters. The molecule has 0 unspecified atom stereocenters. The summed E-state index contributed by atoms with van der Waals surface area (Å²) in [5.74, 6) is 1.25. The standard InChI is InChI=1S/C20H17BrN2O/c21-15-7-4-14(5-8-15)18-10-11-20(22-18)23-19-3-1-2-13-6-9-16(24)12-17(13)19/h1-5,7-8,10-11,22-23H,6,9,12H2. The number of hydrogen-bond donors (Lipinski definition) is 2. The lowest BCUT2D eigenvalue weighted by Gasteiger charge is -2.19. The Morgan fingerprint density at radius 3 is 2.62 bits per heavy atom. The van der Waals surface area contributed by atoms with Crippen LogP contribution in [0.5, 0.6) is 0 Å². The van der Waals surface area contributed by atoms with E-state index in [0.717, 1.165) is 39.2 Å². The summed E-state index contributed by atoms with van der Waals surface area (Å²) >= 11 is 3.46. The molecule has 0 fully saturated rings. The van der Waals surface area contributed by atoms with Gasteiger partial charge in [0.25, 0.3) is 0 Å². The number of aromatic amines is 1. The first-order chi connectivity index (χ1) is 11.7. The fourth-order valence-corrected chi connectivity index (χ4v) is 3.43. The number of carbonyl (C=O) groups is 1. The number of aryl methyl sites for hydroxylation is 1. The van der Waals surface area contributed by atoms with Crippen molar-refractivity contribution in [2.24, 2.45) is 0 Å². The maximum Gasteiger partial charge on any atom is 0.137 e. The highest BCUT2D eigenvalue weighted by Gasteiger charge is 2.18. The number of ketones is 1. The van der Waals surface area contributed by atoms with Gasteiger partial charge in [-0.25, -0.2) is 0 Å². The molecule has 120 valence electrons. The summed E-state index contributed by atoms with van der Waals surface area (Å²) in [4.78, 5) is 15.2. The molecule has 4 rings (SSSR count). The van der Waals surface area contributed by atoms with E-state index in [1.807, 2.05) is 24.3 Å². The molecule has 3 nitrogen and oxygen atoms in total. The summed E-state index contributed by atoms with van der Waals surface area (Å²) in [6.07, 6.45) is 2.03. The minimum Gasteiger partial charge on any atom is -0.342 e. The second kappa shape index (κ2) is 6.29. The molecule has 3 aromatic rings. The SMILES string of the molecule is O=C1CCc2cccc(Nc3ccc(-c4ccc(Br)cc4)[nH]3)c2C1. The van der Waals surface area contributed by atoms with E-state index in [9.17, 15) is 4.79 Å². The van der Waals surface area contributed by atoms with Crippen LogP contribution in [0.25, 0.3) is 11.3 Å². The molecule has 2 N–H and O–H groups in total. The minimum atomic E-state index is 0.318. The molecule has 4 heteroatoms. The first-order valence-electron chi connectivity index (χ1n) is 8.03. The van der Waals surface area contributed by atoms with Gasteiger partial charge in [0.1, 0.15) is 11.6 Å². The van der Waals surface area contributed by atoms with Crippen molar-refractivity contribution in [1.82, 2.24) is 4.98 Å². The van der Waals surface area contributed by atoms with Crippen LogP contribution in [0.4, 0.5) is 11.5 Å². The topological polar surface area (TPSA) is 44.9 Å². The van der Waals surface area contributed by atoms with Crippen LogP contribution in [-0.4, -0.2) is 10.8 Å². The molecule has 2 aromatic carbocycles. The zero-order chi connectivity index (χ0) is 16.5. The van der Waals surface area contributed by atoms with Crippen LogP contribution in [0.3, 0.4) is 0 Å². The van der Waals surface area contributed by atoms with Crippen LogP contribution in [0, 0.1) is 0 Å². The number of Topliss-reactive ketones (excluding diaryl/α,β-unsaturated/α-hetero) is 1. The molecule has 0 amide bonds. The van der Waals surface area contributed by atoms with Gasteiger partial charge in [0.05, 0.1) is 0 Å². The molecule has 1 aliphatic carbocycles. The van der Waals surface area contributed by atoms with Crippen molar-refractivity contribution in [2.75, 3.05) is 5.32 Å². The van der Waals surface area contributed by atoms with Gasteiger partial charge in [0.2, 0.25) is 0 Å². The number of H-pyrrole nitrogens is 1. The largest absolute Gasteiger partial charge is 0.342 e. The average molecular weight is 381 g/mol. The number of carbonyl (C=O) groups excluding carboxylic acids is 1. The van der Waals surface area contributed by atoms with E-state index < -0.39 is 0 Å². The Labute approximate surface area is 149 Å². The van der Waals surface area contributed by atoms with E-state index in [1.54, 1.807) is 0 Å². The number of rotatable bonds is 3. The van der Waals surface area contributed by atoms with Gasteiger partial charge in [-0.1, -0.05) is 40.2 Å². The van der Waals surface area contributed by atoms with Crippen molar-refractivity contribution in [3.63, 3.8) is 0 Å². The molecule has 24 heavy (non-hydrogen) atoms. The van der Waals surface area contributed by atoms with Gasteiger partial charge in [-0.15, -0.1) is 0 Å². The number of aromatic nitrogens is 1. The molecular formula is C20H17BrN2O. The second-order valence-corrected chi connectivity index (χ2v) is 6.99. The highest BCUT2D eigenvalue weighted by molar-refractivity contribution is 9.10. The maximum atomic E-state index is 11.8.